The molecule has 0 heteroatoms. The minimum atomic E-state index is 1.02. The maximum Gasteiger partial charge on any atom is -0.0353 e. The van der Waals surface area contributed by atoms with Gasteiger partial charge in [-0.2, -0.15) is 0 Å². The Hall–Kier alpha value is -0.520. The Labute approximate surface area is 179 Å². The van der Waals surface area contributed by atoms with Crippen molar-refractivity contribution in [1.82, 2.24) is 0 Å². The minimum Gasteiger partial charge on any atom is -0.103 e. The van der Waals surface area contributed by atoms with Crippen molar-refractivity contribution in [2.45, 2.75) is 148 Å². The van der Waals surface area contributed by atoms with Crippen LogP contribution in [0.4, 0.5) is 0 Å². The normalized spacial score (nSPS) is 11.2. The van der Waals surface area contributed by atoms with Crippen molar-refractivity contribution in [3.63, 3.8) is 0 Å². The Bertz CT molecular complexity index is 277. The van der Waals surface area contributed by atoms with Crippen molar-refractivity contribution in [1.29, 1.82) is 0 Å². The second-order valence-corrected chi connectivity index (χ2v) is 9.04. The van der Waals surface area contributed by atoms with E-state index in [0.29, 0.717) is 0 Å². The van der Waals surface area contributed by atoms with Gasteiger partial charge in [-0.25, -0.2) is 0 Å². The van der Waals surface area contributed by atoms with E-state index in [1.54, 1.807) is 0 Å². The van der Waals surface area contributed by atoms with Gasteiger partial charge in [0, 0.05) is 0 Å². The van der Waals surface area contributed by atoms with Crippen molar-refractivity contribution in [3.8, 4) is 0 Å². The summed E-state index contributed by atoms with van der Waals surface area (Å²) in [6.45, 7) is 9.95. The third-order valence-electron chi connectivity index (χ3n) is 6.26. The van der Waals surface area contributed by atoms with Crippen LogP contribution >= 0.6 is 0 Å². The van der Waals surface area contributed by atoms with E-state index < -0.39 is 0 Å². The highest BCUT2D eigenvalue weighted by atomic mass is 14.1. The Kier molecular flexibility index (Phi) is 24.1. The summed E-state index contributed by atoms with van der Waals surface area (Å²) in [4.78, 5) is 0. The first kappa shape index (κ1) is 27.5. The average Bonchev–Trinajstić information content (AvgIpc) is 2.71. The second-order valence-electron chi connectivity index (χ2n) is 9.04. The average molecular weight is 391 g/mol. The highest BCUT2D eigenvalue weighted by Crippen LogP contribution is 2.24. The monoisotopic (exact) mass is 390 g/mol. The molecule has 0 heterocycles. The standard InChI is InChI=1S/C28H54/c1-4-7-10-12-14-16-18-20-23-26-28(25-22-9-6-3)27-24-21-19-17-15-13-11-8-5-2/h4-5,28H,1-2,6-27H2,3H3. The maximum absolute atomic E-state index is 3.81. The third kappa shape index (κ3) is 21.8. The molecule has 0 saturated heterocycles. The zero-order chi connectivity index (χ0) is 20.5. The van der Waals surface area contributed by atoms with Gasteiger partial charge in [0.15, 0.2) is 0 Å². The molecule has 0 aliphatic rings. The van der Waals surface area contributed by atoms with Crippen LogP contribution in [0.15, 0.2) is 25.3 Å². The lowest BCUT2D eigenvalue weighted by atomic mass is 9.89. The Morgan fingerprint density at radius 3 is 1.14 bits per heavy atom. The highest BCUT2D eigenvalue weighted by Gasteiger charge is 2.08. The van der Waals surface area contributed by atoms with Gasteiger partial charge in [-0.3, -0.25) is 0 Å². The molecule has 28 heavy (non-hydrogen) atoms. The zero-order valence-electron chi connectivity index (χ0n) is 19.7. The fourth-order valence-electron chi connectivity index (χ4n) is 4.33. The van der Waals surface area contributed by atoms with Crippen LogP contribution in [0.2, 0.25) is 0 Å². The van der Waals surface area contributed by atoms with Crippen LogP contribution in [-0.4, -0.2) is 0 Å². The molecular weight excluding hydrogens is 336 g/mol. The zero-order valence-corrected chi connectivity index (χ0v) is 19.7. The van der Waals surface area contributed by atoms with Gasteiger partial charge in [0.2, 0.25) is 0 Å². The van der Waals surface area contributed by atoms with Gasteiger partial charge in [0.25, 0.3) is 0 Å². The summed E-state index contributed by atoms with van der Waals surface area (Å²) >= 11 is 0. The lowest BCUT2D eigenvalue weighted by Crippen LogP contribution is -2.01. The van der Waals surface area contributed by atoms with Crippen LogP contribution in [0.25, 0.3) is 0 Å². The fraction of sp³-hybridized carbons (Fsp3) is 0.857. The van der Waals surface area contributed by atoms with Crippen molar-refractivity contribution in [2.24, 2.45) is 5.92 Å². The van der Waals surface area contributed by atoms with E-state index in [0.717, 1.165) is 5.92 Å². The lowest BCUT2D eigenvalue weighted by Gasteiger charge is -2.17. The van der Waals surface area contributed by atoms with E-state index in [4.69, 9.17) is 0 Å². The molecule has 0 rings (SSSR count). The molecule has 0 bridgehead atoms. The molecule has 0 aromatic heterocycles. The van der Waals surface area contributed by atoms with Gasteiger partial charge >= 0.3 is 0 Å². The Balaban J connectivity index is 3.64. The summed E-state index contributed by atoms with van der Waals surface area (Å²) in [6, 6.07) is 0. The molecule has 0 aliphatic heterocycles. The van der Waals surface area contributed by atoms with E-state index in [1.807, 2.05) is 0 Å². The molecule has 0 unspecified atom stereocenters. The quantitative estimate of drug-likeness (QED) is 0.113. The van der Waals surface area contributed by atoms with Crippen LogP contribution in [0, 0.1) is 5.92 Å². The van der Waals surface area contributed by atoms with Crippen molar-refractivity contribution in [3.05, 3.63) is 25.3 Å². The van der Waals surface area contributed by atoms with E-state index in [2.05, 4.69) is 32.2 Å². The summed E-state index contributed by atoms with van der Waals surface area (Å²) in [6.07, 6.45) is 35.4. The fourth-order valence-corrected chi connectivity index (χ4v) is 4.33. The molecule has 0 saturated carbocycles. The van der Waals surface area contributed by atoms with Gasteiger partial charge in [-0.1, -0.05) is 135 Å². The Morgan fingerprint density at radius 2 is 0.786 bits per heavy atom. The molecule has 0 aromatic rings. The molecule has 0 aromatic carbocycles. The molecule has 166 valence electrons. The van der Waals surface area contributed by atoms with Gasteiger partial charge in [-0.15, -0.1) is 13.2 Å². The van der Waals surface area contributed by atoms with Gasteiger partial charge in [0.1, 0.15) is 0 Å². The summed E-state index contributed by atoms with van der Waals surface area (Å²) in [7, 11) is 0. The highest BCUT2D eigenvalue weighted by molar-refractivity contribution is 4.66. The first-order chi connectivity index (χ1) is 13.8. The predicted octanol–water partition coefficient (Wildman–Crippen LogP) is 10.6. The smallest absolute Gasteiger partial charge is 0.0353 e. The third-order valence-corrected chi connectivity index (χ3v) is 6.26. The van der Waals surface area contributed by atoms with Crippen LogP contribution in [0.3, 0.4) is 0 Å². The first-order valence-corrected chi connectivity index (χ1v) is 13.1. The molecular formula is C28H54. The molecule has 0 atom stereocenters. The summed E-state index contributed by atoms with van der Waals surface area (Å²) in [5.41, 5.74) is 0. The van der Waals surface area contributed by atoms with E-state index in [1.165, 1.54) is 141 Å². The molecule has 0 spiro atoms. The number of hydrogen-bond acceptors (Lipinski definition) is 0. The van der Waals surface area contributed by atoms with Crippen molar-refractivity contribution >= 4 is 0 Å². The first-order valence-electron chi connectivity index (χ1n) is 13.1. The van der Waals surface area contributed by atoms with Gasteiger partial charge in [-0.05, 0) is 31.6 Å². The van der Waals surface area contributed by atoms with E-state index in [9.17, 15) is 0 Å². The summed E-state index contributed by atoms with van der Waals surface area (Å²) in [5, 5.41) is 0. The summed E-state index contributed by atoms with van der Waals surface area (Å²) < 4.78 is 0. The van der Waals surface area contributed by atoms with Gasteiger partial charge < -0.3 is 0 Å². The van der Waals surface area contributed by atoms with Crippen molar-refractivity contribution in [2.75, 3.05) is 0 Å². The minimum absolute atomic E-state index is 1.02. The largest absolute Gasteiger partial charge is 0.103 e. The number of hydrogen-bond donors (Lipinski definition) is 0. The van der Waals surface area contributed by atoms with E-state index >= 15 is 0 Å². The van der Waals surface area contributed by atoms with Crippen LogP contribution < -0.4 is 0 Å². The van der Waals surface area contributed by atoms with Crippen LogP contribution in [-0.2, 0) is 0 Å². The molecule has 0 radical (unpaired) electrons. The number of allylic oxidation sites excluding steroid dienone is 2. The number of rotatable bonds is 24. The molecule has 0 amide bonds. The maximum atomic E-state index is 3.81. The molecule has 0 fully saturated rings. The van der Waals surface area contributed by atoms with Crippen LogP contribution in [0.5, 0.6) is 0 Å². The SMILES string of the molecule is C=CCCCCCCCCCC(CCCCC)CCCCCCCCCC=C. The predicted molar refractivity (Wildman–Crippen MR) is 131 cm³/mol. The van der Waals surface area contributed by atoms with Crippen molar-refractivity contribution < 1.29 is 0 Å². The van der Waals surface area contributed by atoms with Gasteiger partial charge in [0.05, 0.1) is 0 Å². The number of unbranched alkanes of at least 4 members (excludes halogenated alkanes) is 16. The second kappa shape index (κ2) is 24.5. The Morgan fingerprint density at radius 1 is 0.464 bits per heavy atom. The summed E-state index contributed by atoms with van der Waals surface area (Å²) in [5.74, 6) is 1.02. The molecule has 0 aliphatic carbocycles. The lowest BCUT2D eigenvalue weighted by molar-refractivity contribution is 0.367. The van der Waals surface area contributed by atoms with E-state index in [-0.39, 0.29) is 0 Å². The molecule has 0 N–H and O–H groups in total. The topological polar surface area (TPSA) is 0 Å². The molecule has 0 nitrogen and oxygen atoms in total. The van der Waals surface area contributed by atoms with Crippen LogP contribution in [0.1, 0.15) is 148 Å².